The van der Waals surface area contributed by atoms with Gasteiger partial charge in [-0.15, -0.1) is 0 Å². The molecule has 3 heteroatoms. The van der Waals surface area contributed by atoms with E-state index in [1.807, 2.05) is 6.07 Å². The predicted octanol–water partition coefficient (Wildman–Crippen LogP) is 4.24. The Labute approximate surface area is 128 Å². The van der Waals surface area contributed by atoms with E-state index in [2.05, 4.69) is 36.9 Å². The van der Waals surface area contributed by atoms with E-state index >= 15 is 0 Å². The van der Waals surface area contributed by atoms with Crippen molar-refractivity contribution in [3.8, 4) is 0 Å². The number of nitrogens with zero attached hydrogens (tertiary/aromatic N) is 1. The minimum absolute atomic E-state index is 0.209. The number of hydrogen-bond donors (Lipinski definition) is 1. The number of carboxylic acid groups (broad SMARTS) is 1. The number of aryl methyl sites for hydroxylation is 1. The third-order valence-electron chi connectivity index (χ3n) is 4.66. The maximum Gasteiger partial charge on any atom is 0.305 e. The zero-order valence-electron chi connectivity index (χ0n) is 13.2. The summed E-state index contributed by atoms with van der Waals surface area (Å²) in [5.41, 5.74) is 2.44. The van der Waals surface area contributed by atoms with Gasteiger partial charge < -0.3 is 10.0 Å². The maximum absolute atomic E-state index is 11.0. The first-order chi connectivity index (χ1) is 10.1. The minimum atomic E-state index is -0.712. The molecule has 2 unspecified atom stereocenters. The second kappa shape index (κ2) is 7.48. The Hall–Kier alpha value is -1.51. The lowest BCUT2D eigenvalue weighted by molar-refractivity contribution is -0.136. The quantitative estimate of drug-likeness (QED) is 0.824. The van der Waals surface area contributed by atoms with Gasteiger partial charge in [0.25, 0.3) is 0 Å². The smallest absolute Gasteiger partial charge is 0.305 e. The fourth-order valence-electron chi connectivity index (χ4n) is 3.38. The Bertz CT molecular complexity index is 472. The van der Waals surface area contributed by atoms with Crippen LogP contribution in [0.3, 0.4) is 0 Å². The van der Waals surface area contributed by atoms with Crippen molar-refractivity contribution in [2.24, 2.45) is 5.92 Å². The lowest BCUT2D eigenvalue weighted by atomic mass is 10.0. The summed E-state index contributed by atoms with van der Waals surface area (Å²) < 4.78 is 0. The van der Waals surface area contributed by atoms with E-state index in [0.717, 1.165) is 5.92 Å². The fraction of sp³-hybridized carbons (Fsp3) is 0.611. The summed E-state index contributed by atoms with van der Waals surface area (Å²) in [6.07, 6.45) is 6.37. The van der Waals surface area contributed by atoms with Crippen LogP contribution in [0.1, 0.15) is 51.0 Å². The number of rotatable bonds is 5. The highest BCUT2D eigenvalue weighted by atomic mass is 16.4. The molecule has 2 rings (SSSR count). The Balaban J connectivity index is 2.18. The zero-order chi connectivity index (χ0) is 15.2. The van der Waals surface area contributed by atoms with Gasteiger partial charge in [0, 0.05) is 18.3 Å². The molecule has 1 aliphatic carbocycles. The van der Waals surface area contributed by atoms with Crippen LogP contribution in [0.5, 0.6) is 0 Å². The second-order valence-corrected chi connectivity index (χ2v) is 6.39. The van der Waals surface area contributed by atoms with Crippen molar-refractivity contribution in [1.29, 1.82) is 0 Å². The van der Waals surface area contributed by atoms with Gasteiger partial charge in [0.2, 0.25) is 0 Å². The van der Waals surface area contributed by atoms with Crippen LogP contribution in [0.25, 0.3) is 0 Å². The fourth-order valence-corrected chi connectivity index (χ4v) is 3.38. The third-order valence-corrected chi connectivity index (χ3v) is 4.66. The van der Waals surface area contributed by atoms with Crippen molar-refractivity contribution in [1.82, 2.24) is 0 Å². The van der Waals surface area contributed by atoms with Crippen LogP contribution < -0.4 is 4.90 Å². The van der Waals surface area contributed by atoms with Crippen LogP contribution in [0.15, 0.2) is 24.3 Å². The molecular formula is C18H27NO2. The summed E-state index contributed by atoms with van der Waals surface area (Å²) in [5, 5.41) is 9.05. The highest BCUT2D eigenvalue weighted by molar-refractivity contribution is 5.68. The van der Waals surface area contributed by atoms with E-state index < -0.39 is 5.97 Å². The molecule has 0 radical (unpaired) electrons. The molecule has 1 aliphatic rings. The molecule has 3 nitrogen and oxygen atoms in total. The van der Waals surface area contributed by atoms with E-state index in [-0.39, 0.29) is 6.42 Å². The Morgan fingerprint density at radius 2 is 2.00 bits per heavy atom. The Kier molecular flexibility index (Phi) is 5.66. The van der Waals surface area contributed by atoms with Gasteiger partial charge in [0.05, 0.1) is 6.42 Å². The molecule has 0 saturated heterocycles. The topological polar surface area (TPSA) is 40.5 Å². The van der Waals surface area contributed by atoms with Crippen molar-refractivity contribution >= 4 is 11.7 Å². The van der Waals surface area contributed by atoms with Crippen LogP contribution in [0, 0.1) is 12.8 Å². The lowest BCUT2D eigenvalue weighted by Crippen LogP contribution is -2.37. The summed E-state index contributed by atoms with van der Waals surface area (Å²) in [7, 11) is 0. The number of para-hydroxylation sites is 1. The molecular weight excluding hydrogens is 262 g/mol. The number of aliphatic carboxylic acids is 1. The number of hydrogen-bond acceptors (Lipinski definition) is 2. The first kappa shape index (κ1) is 15.9. The zero-order valence-corrected chi connectivity index (χ0v) is 13.2. The Morgan fingerprint density at radius 1 is 1.24 bits per heavy atom. The largest absolute Gasteiger partial charge is 0.481 e. The highest BCUT2D eigenvalue weighted by Crippen LogP contribution is 2.30. The number of anilines is 1. The molecule has 21 heavy (non-hydrogen) atoms. The van der Waals surface area contributed by atoms with Gasteiger partial charge in [-0.1, -0.05) is 38.0 Å². The van der Waals surface area contributed by atoms with Crippen LogP contribution in [0.4, 0.5) is 5.69 Å². The average molecular weight is 289 g/mol. The van der Waals surface area contributed by atoms with Gasteiger partial charge in [0.15, 0.2) is 0 Å². The molecule has 0 heterocycles. The van der Waals surface area contributed by atoms with E-state index in [0.29, 0.717) is 12.6 Å². The SMILES string of the molecule is Cc1ccccc1N(CCC(=O)O)C1CCCC(C)CC1. The molecule has 0 bridgehead atoms. The van der Waals surface area contributed by atoms with Crippen molar-refractivity contribution in [2.75, 3.05) is 11.4 Å². The van der Waals surface area contributed by atoms with Gasteiger partial charge in [-0.3, -0.25) is 4.79 Å². The van der Waals surface area contributed by atoms with Crippen LogP contribution in [-0.2, 0) is 4.79 Å². The van der Waals surface area contributed by atoms with Gasteiger partial charge in [-0.2, -0.15) is 0 Å². The first-order valence-electron chi connectivity index (χ1n) is 8.12. The lowest BCUT2D eigenvalue weighted by Gasteiger charge is -2.34. The van der Waals surface area contributed by atoms with Crippen molar-refractivity contribution in [2.45, 2.75) is 58.4 Å². The average Bonchev–Trinajstić information content (AvgIpc) is 2.66. The van der Waals surface area contributed by atoms with E-state index in [4.69, 9.17) is 5.11 Å². The first-order valence-corrected chi connectivity index (χ1v) is 8.12. The molecule has 0 aromatic heterocycles. The summed E-state index contributed by atoms with van der Waals surface area (Å²) in [4.78, 5) is 13.3. The molecule has 1 aromatic carbocycles. The summed E-state index contributed by atoms with van der Waals surface area (Å²) in [6.45, 7) is 5.05. The summed E-state index contributed by atoms with van der Waals surface area (Å²) in [6, 6.07) is 8.82. The van der Waals surface area contributed by atoms with Gasteiger partial charge in [-0.05, 0) is 43.7 Å². The normalized spacial score (nSPS) is 22.6. The van der Waals surface area contributed by atoms with Crippen molar-refractivity contribution in [3.63, 3.8) is 0 Å². The second-order valence-electron chi connectivity index (χ2n) is 6.39. The minimum Gasteiger partial charge on any atom is -0.481 e. The Morgan fingerprint density at radius 3 is 2.71 bits per heavy atom. The molecule has 1 fully saturated rings. The number of benzene rings is 1. The van der Waals surface area contributed by atoms with Crippen LogP contribution >= 0.6 is 0 Å². The predicted molar refractivity (Wildman–Crippen MR) is 86.8 cm³/mol. The molecule has 2 atom stereocenters. The molecule has 1 saturated carbocycles. The van der Waals surface area contributed by atoms with E-state index in [1.54, 1.807) is 0 Å². The molecule has 0 spiro atoms. The molecule has 0 aliphatic heterocycles. The van der Waals surface area contributed by atoms with Crippen LogP contribution in [-0.4, -0.2) is 23.7 Å². The van der Waals surface area contributed by atoms with Gasteiger partial charge in [0.1, 0.15) is 0 Å². The molecule has 1 aromatic rings. The van der Waals surface area contributed by atoms with Gasteiger partial charge in [-0.25, -0.2) is 0 Å². The number of carbonyl (C=O) groups is 1. The van der Waals surface area contributed by atoms with E-state index in [9.17, 15) is 4.79 Å². The maximum atomic E-state index is 11.0. The van der Waals surface area contributed by atoms with Crippen molar-refractivity contribution in [3.05, 3.63) is 29.8 Å². The molecule has 116 valence electrons. The molecule has 0 amide bonds. The third kappa shape index (κ3) is 4.48. The standard InChI is InChI=1S/C18H27NO2/c1-14-6-5-8-16(11-10-14)19(13-12-18(20)21)17-9-4-3-7-15(17)2/h3-4,7,9,14,16H,5-6,8,10-13H2,1-2H3,(H,20,21). The summed E-state index contributed by atoms with van der Waals surface area (Å²) >= 11 is 0. The molecule has 1 N–H and O–H groups in total. The number of carboxylic acids is 1. The van der Waals surface area contributed by atoms with E-state index in [1.165, 1.54) is 43.4 Å². The van der Waals surface area contributed by atoms with Crippen LogP contribution in [0.2, 0.25) is 0 Å². The summed E-state index contributed by atoms with van der Waals surface area (Å²) in [5.74, 6) is 0.0868. The van der Waals surface area contributed by atoms with Gasteiger partial charge >= 0.3 is 5.97 Å². The highest BCUT2D eigenvalue weighted by Gasteiger charge is 2.23. The van der Waals surface area contributed by atoms with Crippen molar-refractivity contribution < 1.29 is 9.90 Å². The monoisotopic (exact) mass is 289 g/mol.